The van der Waals surface area contributed by atoms with Crippen LogP contribution in [0.4, 0.5) is 15.0 Å². The highest BCUT2D eigenvalue weighted by atomic mass is 19.1. The first-order valence-electron chi connectivity index (χ1n) is 8.63. The molecule has 140 valence electrons. The molecule has 0 bridgehead atoms. The quantitative estimate of drug-likeness (QED) is 0.610. The largest absolute Gasteiger partial charge is 0.365 e. The summed E-state index contributed by atoms with van der Waals surface area (Å²) in [6.07, 6.45) is 1.56. The van der Waals surface area contributed by atoms with Crippen LogP contribution in [0.5, 0.6) is 0 Å². The second-order valence-electron chi connectivity index (χ2n) is 6.56. The van der Waals surface area contributed by atoms with Gasteiger partial charge in [0.05, 0.1) is 5.69 Å². The first-order chi connectivity index (χ1) is 13.0. The van der Waals surface area contributed by atoms with Crippen LogP contribution in [0.25, 0.3) is 10.8 Å². The van der Waals surface area contributed by atoms with Crippen LogP contribution in [0.1, 0.15) is 18.3 Å². The van der Waals surface area contributed by atoms with Gasteiger partial charge in [0.2, 0.25) is 5.91 Å². The number of urea groups is 1. The van der Waals surface area contributed by atoms with Crippen molar-refractivity contribution in [3.8, 4) is 0 Å². The van der Waals surface area contributed by atoms with Crippen molar-refractivity contribution >= 4 is 28.5 Å². The average Bonchev–Trinajstić information content (AvgIpc) is 3.30. The smallest absolute Gasteiger partial charge is 0.330 e. The van der Waals surface area contributed by atoms with Gasteiger partial charge in [-0.15, -0.1) is 0 Å². The molecule has 4 N–H and O–H groups in total. The summed E-state index contributed by atoms with van der Waals surface area (Å²) in [6, 6.07) is 5.93. The topological polar surface area (TPSA) is 98.4 Å². The summed E-state index contributed by atoms with van der Waals surface area (Å²) >= 11 is 0. The number of amides is 3. The summed E-state index contributed by atoms with van der Waals surface area (Å²) in [5.41, 5.74) is 5.87. The highest BCUT2D eigenvalue weighted by Crippen LogP contribution is 2.28. The fourth-order valence-electron chi connectivity index (χ4n) is 3.39. The Bertz CT molecular complexity index is 933. The Morgan fingerprint density at radius 1 is 1.41 bits per heavy atom. The van der Waals surface area contributed by atoms with E-state index in [4.69, 9.17) is 0 Å². The molecule has 3 amide bonds. The zero-order chi connectivity index (χ0) is 19.0. The van der Waals surface area contributed by atoms with Crippen LogP contribution < -0.4 is 21.5 Å². The van der Waals surface area contributed by atoms with Gasteiger partial charge in [-0.05, 0) is 36.1 Å². The normalized spacial score (nSPS) is 21.8. The van der Waals surface area contributed by atoms with E-state index in [-0.39, 0.29) is 23.8 Å². The summed E-state index contributed by atoms with van der Waals surface area (Å²) < 4.78 is 13.8. The number of hydrogen-bond acceptors (Lipinski definition) is 5. The van der Waals surface area contributed by atoms with Gasteiger partial charge in [0, 0.05) is 24.5 Å². The lowest BCUT2D eigenvalue weighted by atomic mass is 10.1. The van der Waals surface area contributed by atoms with Crippen LogP contribution in [0.2, 0.25) is 0 Å². The predicted octanol–water partition coefficient (Wildman–Crippen LogP) is 1.39. The third-order valence-electron chi connectivity index (χ3n) is 4.73. The molecule has 2 fully saturated rings. The summed E-state index contributed by atoms with van der Waals surface area (Å²) in [4.78, 5) is 29.5. The molecule has 2 saturated heterocycles. The van der Waals surface area contributed by atoms with E-state index >= 15 is 0 Å². The Labute approximate surface area is 154 Å². The number of benzene rings is 1. The molecular formula is C18H19FN6O2. The fourth-order valence-corrected chi connectivity index (χ4v) is 3.39. The maximum Gasteiger partial charge on any atom is 0.330 e. The van der Waals surface area contributed by atoms with E-state index in [1.807, 2.05) is 0 Å². The van der Waals surface area contributed by atoms with Gasteiger partial charge in [-0.1, -0.05) is 12.6 Å². The number of hydrogen-bond donors (Lipinski definition) is 4. The zero-order valence-electron chi connectivity index (χ0n) is 14.5. The molecule has 2 aliphatic heterocycles. The van der Waals surface area contributed by atoms with Gasteiger partial charge in [0.15, 0.2) is 0 Å². The number of nitrogens with one attached hydrogen (secondary N) is 4. The number of carbonyl (C=O) groups excluding carboxylic acids is 2. The third kappa shape index (κ3) is 3.41. The molecule has 0 aliphatic carbocycles. The van der Waals surface area contributed by atoms with E-state index in [9.17, 15) is 14.0 Å². The zero-order valence-corrected chi connectivity index (χ0v) is 14.5. The lowest BCUT2D eigenvalue weighted by Crippen LogP contribution is -2.30. The number of carbonyl (C=O) groups is 2. The molecular weight excluding hydrogens is 351 g/mol. The van der Waals surface area contributed by atoms with Gasteiger partial charge < -0.3 is 15.5 Å². The van der Waals surface area contributed by atoms with Crippen molar-refractivity contribution in [2.24, 2.45) is 0 Å². The molecule has 2 atom stereocenters. The monoisotopic (exact) mass is 370 g/mol. The highest BCUT2D eigenvalue weighted by molar-refractivity contribution is 5.93. The number of fused-ring (bicyclic) bond motifs is 1. The summed E-state index contributed by atoms with van der Waals surface area (Å²) in [5.74, 6) is 0.0488. The maximum atomic E-state index is 13.8. The van der Waals surface area contributed by atoms with Gasteiger partial charge in [0.25, 0.3) is 0 Å². The number of hydrazine groups is 1. The lowest BCUT2D eigenvalue weighted by molar-refractivity contribution is -0.125. The van der Waals surface area contributed by atoms with Crippen LogP contribution in [0.15, 0.2) is 36.9 Å². The van der Waals surface area contributed by atoms with E-state index in [0.29, 0.717) is 30.0 Å². The van der Waals surface area contributed by atoms with Crippen molar-refractivity contribution in [1.29, 1.82) is 0 Å². The Balaban J connectivity index is 1.65. The van der Waals surface area contributed by atoms with Crippen LogP contribution in [0, 0.1) is 5.82 Å². The predicted molar refractivity (Wildman–Crippen MR) is 98.0 cm³/mol. The first kappa shape index (κ1) is 17.2. The number of anilines is 1. The molecule has 1 aromatic carbocycles. The lowest BCUT2D eigenvalue weighted by Gasteiger charge is -2.19. The highest BCUT2D eigenvalue weighted by Gasteiger charge is 2.27. The van der Waals surface area contributed by atoms with Crippen LogP contribution in [-0.2, 0) is 4.79 Å². The van der Waals surface area contributed by atoms with Crippen molar-refractivity contribution in [2.75, 3.05) is 18.4 Å². The summed E-state index contributed by atoms with van der Waals surface area (Å²) in [6.45, 7) is 4.66. The number of pyridine rings is 1. The minimum absolute atomic E-state index is 0.00706. The van der Waals surface area contributed by atoms with E-state index in [2.05, 4.69) is 33.0 Å². The number of likely N-dealkylation sites (tertiary alicyclic amines) is 1. The second-order valence-corrected chi connectivity index (χ2v) is 6.56. The van der Waals surface area contributed by atoms with Gasteiger partial charge in [-0.2, -0.15) is 0 Å². The summed E-state index contributed by atoms with van der Waals surface area (Å²) in [5, 5.41) is 7.47. The van der Waals surface area contributed by atoms with Gasteiger partial charge >= 0.3 is 6.03 Å². The number of aromatic nitrogens is 1. The van der Waals surface area contributed by atoms with Crippen LogP contribution in [-0.4, -0.2) is 41.0 Å². The summed E-state index contributed by atoms with van der Waals surface area (Å²) in [7, 11) is 0. The van der Waals surface area contributed by atoms with E-state index in [1.165, 1.54) is 18.2 Å². The van der Waals surface area contributed by atoms with Crippen LogP contribution >= 0.6 is 0 Å². The van der Waals surface area contributed by atoms with Gasteiger partial charge in [0.1, 0.15) is 17.8 Å². The van der Waals surface area contributed by atoms with Crippen molar-refractivity contribution in [3.05, 3.63) is 48.4 Å². The molecule has 4 rings (SSSR count). The first-order valence-corrected chi connectivity index (χ1v) is 8.63. The molecule has 3 heterocycles. The Kier molecular flexibility index (Phi) is 4.36. The minimum atomic E-state index is -0.491. The Morgan fingerprint density at radius 3 is 3.00 bits per heavy atom. The molecule has 1 aromatic heterocycles. The fraction of sp³-hybridized carbons (Fsp3) is 0.278. The third-order valence-corrected chi connectivity index (χ3v) is 4.73. The maximum absolute atomic E-state index is 13.8. The van der Waals surface area contributed by atoms with E-state index in [1.54, 1.807) is 17.0 Å². The Hall–Kier alpha value is -3.20. The Morgan fingerprint density at radius 2 is 2.26 bits per heavy atom. The molecule has 0 saturated carbocycles. The molecule has 27 heavy (non-hydrogen) atoms. The average molecular weight is 370 g/mol. The SMILES string of the molecule is C=CC(=O)N1CC[C@H](Nc2nc(C3NNC(=O)N3)cc3ccc(F)cc23)C1. The number of nitrogens with zero attached hydrogens (tertiary/aromatic N) is 2. The van der Waals surface area contributed by atoms with E-state index < -0.39 is 6.17 Å². The molecule has 2 aromatic rings. The molecule has 1 unspecified atom stereocenters. The van der Waals surface area contributed by atoms with Gasteiger partial charge in [-0.3, -0.25) is 10.2 Å². The number of rotatable bonds is 4. The van der Waals surface area contributed by atoms with Crippen molar-refractivity contribution in [1.82, 2.24) is 26.1 Å². The van der Waals surface area contributed by atoms with Crippen LogP contribution in [0.3, 0.4) is 0 Å². The van der Waals surface area contributed by atoms with E-state index in [0.717, 1.165) is 11.8 Å². The molecule has 0 radical (unpaired) electrons. The van der Waals surface area contributed by atoms with Crippen molar-refractivity contribution in [3.63, 3.8) is 0 Å². The van der Waals surface area contributed by atoms with Crippen molar-refractivity contribution < 1.29 is 14.0 Å². The van der Waals surface area contributed by atoms with Gasteiger partial charge in [-0.25, -0.2) is 19.6 Å². The molecule has 9 heteroatoms. The molecule has 0 spiro atoms. The van der Waals surface area contributed by atoms with Crippen molar-refractivity contribution in [2.45, 2.75) is 18.6 Å². The molecule has 8 nitrogen and oxygen atoms in total. The minimum Gasteiger partial charge on any atom is -0.365 e. The standard InChI is InChI=1S/C18H19FN6O2/c1-2-15(26)25-6-5-12(9-25)20-16-13-8-11(19)4-3-10(13)7-14(21-16)17-22-18(27)24-23-17/h2-4,7-8,12,17,23H,1,5-6,9H2,(H,20,21)(H2,22,24,27)/t12-,17?/m0/s1. The molecule has 2 aliphatic rings. The number of halogens is 1. The second kappa shape index (κ2) is 6.84.